The van der Waals surface area contributed by atoms with E-state index in [9.17, 15) is 13.2 Å². The molecule has 8 heteroatoms. The molecule has 0 atom stereocenters. The molecule has 1 heterocycles. The summed E-state index contributed by atoms with van der Waals surface area (Å²) >= 11 is 0. The van der Waals surface area contributed by atoms with E-state index in [0.29, 0.717) is 5.69 Å². The predicted octanol–water partition coefficient (Wildman–Crippen LogP) is 3.50. The fourth-order valence-corrected chi connectivity index (χ4v) is 1.78. The molecule has 0 fully saturated rings. The van der Waals surface area contributed by atoms with E-state index in [0.717, 1.165) is 6.07 Å². The number of nitrogens with zero attached hydrogens (tertiary/aromatic N) is 1. The first kappa shape index (κ1) is 16.1. The fraction of sp³-hybridized carbons (Fsp3) is 0.214. The van der Waals surface area contributed by atoms with Gasteiger partial charge in [-0.2, -0.15) is 13.2 Å². The van der Waals surface area contributed by atoms with Crippen LogP contribution in [0, 0.1) is 0 Å². The molecule has 5 nitrogen and oxygen atoms in total. The number of nitrogens with one attached hydrogen (secondary N) is 1. The lowest BCUT2D eigenvalue weighted by atomic mass is 10.1. The highest BCUT2D eigenvalue weighted by atomic mass is 19.4. The van der Waals surface area contributed by atoms with Gasteiger partial charge in [0, 0.05) is 0 Å². The summed E-state index contributed by atoms with van der Waals surface area (Å²) in [5.74, 6) is 0.119. The van der Waals surface area contributed by atoms with E-state index >= 15 is 0 Å². The topological polar surface area (TPSA) is 69.4 Å². The van der Waals surface area contributed by atoms with Crippen molar-refractivity contribution in [2.45, 2.75) is 12.8 Å². The molecular weight excluding hydrogens is 299 g/mol. The second-order valence-corrected chi connectivity index (χ2v) is 4.34. The molecule has 0 spiro atoms. The zero-order valence-corrected chi connectivity index (χ0v) is 11.6. The van der Waals surface area contributed by atoms with Crippen LogP contribution in [0.2, 0.25) is 0 Å². The number of benzene rings is 1. The molecule has 2 rings (SSSR count). The summed E-state index contributed by atoms with van der Waals surface area (Å²) in [6, 6.07) is 8.22. The molecule has 118 valence electrons. The standard InChI is InChI=1S/C14H14F3N3O2/c1-21-22-8-9-6-7-11(18)13(19-9)20-12-5-3-2-4-10(12)14(15,16)17/h2-7H,8,18H2,1H3,(H,19,20). The van der Waals surface area contributed by atoms with Gasteiger partial charge in [-0.3, -0.25) is 0 Å². The molecule has 0 saturated carbocycles. The summed E-state index contributed by atoms with van der Waals surface area (Å²) in [5, 5.41) is 2.61. The van der Waals surface area contributed by atoms with Gasteiger partial charge in [0.1, 0.15) is 6.61 Å². The first-order valence-electron chi connectivity index (χ1n) is 6.26. The van der Waals surface area contributed by atoms with Gasteiger partial charge in [-0.25, -0.2) is 14.8 Å². The molecule has 0 amide bonds. The van der Waals surface area contributed by atoms with Gasteiger partial charge in [0.05, 0.1) is 29.7 Å². The number of halogens is 3. The number of aromatic nitrogens is 1. The van der Waals surface area contributed by atoms with Crippen molar-refractivity contribution >= 4 is 17.2 Å². The van der Waals surface area contributed by atoms with Crippen LogP contribution < -0.4 is 11.1 Å². The Morgan fingerprint density at radius 2 is 1.91 bits per heavy atom. The van der Waals surface area contributed by atoms with Crippen LogP contribution in [0.1, 0.15) is 11.3 Å². The molecule has 1 aromatic heterocycles. The maximum Gasteiger partial charge on any atom is 0.418 e. The van der Waals surface area contributed by atoms with Crippen LogP contribution in [-0.2, 0) is 22.6 Å². The smallest absolute Gasteiger partial charge is 0.396 e. The molecule has 0 radical (unpaired) electrons. The van der Waals surface area contributed by atoms with Crippen molar-refractivity contribution < 1.29 is 22.9 Å². The number of nitrogens with two attached hydrogens (primary N) is 1. The summed E-state index contributed by atoms with van der Waals surface area (Å²) in [5.41, 5.74) is 5.51. The average Bonchev–Trinajstić information content (AvgIpc) is 2.47. The van der Waals surface area contributed by atoms with Gasteiger partial charge in [-0.05, 0) is 24.3 Å². The minimum absolute atomic E-state index is 0.0480. The fourth-order valence-electron chi connectivity index (χ4n) is 1.78. The van der Waals surface area contributed by atoms with Crippen molar-refractivity contribution in [2.75, 3.05) is 18.2 Å². The van der Waals surface area contributed by atoms with E-state index in [1.54, 1.807) is 6.07 Å². The van der Waals surface area contributed by atoms with Crippen molar-refractivity contribution in [2.24, 2.45) is 0 Å². The molecule has 2 aromatic rings. The first-order valence-corrected chi connectivity index (χ1v) is 6.26. The average molecular weight is 313 g/mol. The number of pyridine rings is 1. The lowest BCUT2D eigenvalue weighted by Gasteiger charge is -2.15. The van der Waals surface area contributed by atoms with E-state index in [2.05, 4.69) is 15.2 Å². The second kappa shape index (κ2) is 6.63. The maximum atomic E-state index is 13.0. The van der Waals surface area contributed by atoms with Gasteiger partial charge in [0.2, 0.25) is 0 Å². The van der Waals surface area contributed by atoms with E-state index in [4.69, 9.17) is 10.6 Å². The van der Waals surface area contributed by atoms with Crippen molar-refractivity contribution in [1.82, 2.24) is 4.98 Å². The lowest BCUT2D eigenvalue weighted by molar-refractivity contribution is -0.282. The van der Waals surface area contributed by atoms with Crippen molar-refractivity contribution in [1.29, 1.82) is 0 Å². The van der Waals surface area contributed by atoms with Gasteiger partial charge in [-0.1, -0.05) is 12.1 Å². The third-order valence-electron chi connectivity index (χ3n) is 2.79. The van der Waals surface area contributed by atoms with Crippen LogP contribution >= 0.6 is 0 Å². The quantitative estimate of drug-likeness (QED) is 0.653. The van der Waals surface area contributed by atoms with Gasteiger partial charge in [0.15, 0.2) is 5.82 Å². The van der Waals surface area contributed by atoms with E-state index < -0.39 is 11.7 Å². The highest BCUT2D eigenvalue weighted by Crippen LogP contribution is 2.36. The third-order valence-corrected chi connectivity index (χ3v) is 2.79. The Hall–Kier alpha value is -2.32. The van der Waals surface area contributed by atoms with Crippen LogP contribution in [-0.4, -0.2) is 12.1 Å². The number of nitrogen functional groups attached to an aromatic ring is 1. The predicted molar refractivity (Wildman–Crippen MR) is 75.2 cm³/mol. The number of hydrogen-bond acceptors (Lipinski definition) is 5. The largest absolute Gasteiger partial charge is 0.418 e. The molecule has 0 bridgehead atoms. The zero-order chi connectivity index (χ0) is 16.2. The van der Waals surface area contributed by atoms with Crippen molar-refractivity contribution in [3.8, 4) is 0 Å². The van der Waals surface area contributed by atoms with E-state index in [-0.39, 0.29) is 23.8 Å². The summed E-state index contributed by atoms with van der Waals surface area (Å²) in [7, 11) is 1.34. The summed E-state index contributed by atoms with van der Waals surface area (Å²) in [6.45, 7) is 0.0480. The SMILES string of the molecule is COOCc1ccc(N)c(Nc2ccccc2C(F)(F)F)n1. The Bertz CT molecular complexity index is 647. The second-order valence-electron chi connectivity index (χ2n) is 4.34. The van der Waals surface area contributed by atoms with Crippen LogP contribution in [0.4, 0.5) is 30.4 Å². The first-order chi connectivity index (χ1) is 10.4. The Balaban J connectivity index is 2.31. The highest BCUT2D eigenvalue weighted by Gasteiger charge is 2.33. The Morgan fingerprint density at radius 3 is 2.59 bits per heavy atom. The Morgan fingerprint density at radius 1 is 1.18 bits per heavy atom. The monoisotopic (exact) mass is 313 g/mol. The van der Waals surface area contributed by atoms with E-state index in [1.807, 2.05) is 0 Å². The number of hydrogen-bond donors (Lipinski definition) is 2. The summed E-state index contributed by atoms with van der Waals surface area (Å²) in [4.78, 5) is 13.3. The normalized spacial score (nSPS) is 11.5. The van der Waals surface area contributed by atoms with Crippen molar-refractivity contribution in [3.63, 3.8) is 0 Å². The molecule has 0 saturated heterocycles. The summed E-state index contributed by atoms with van der Waals surface area (Å²) in [6.07, 6.45) is -4.48. The minimum Gasteiger partial charge on any atom is -0.396 e. The van der Waals surface area contributed by atoms with E-state index in [1.165, 1.54) is 31.4 Å². The van der Waals surface area contributed by atoms with Crippen molar-refractivity contribution in [3.05, 3.63) is 47.7 Å². The number of anilines is 3. The molecule has 0 aliphatic carbocycles. The maximum absolute atomic E-state index is 13.0. The molecule has 22 heavy (non-hydrogen) atoms. The van der Waals surface area contributed by atoms with Crippen LogP contribution in [0.15, 0.2) is 36.4 Å². The molecule has 0 unspecified atom stereocenters. The molecular formula is C14H14F3N3O2. The third kappa shape index (κ3) is 3.86. The molecule has 1 aromatic carbocycles. The number of rotatable bonds is 5. The van der Waals surface area contributed by atoms with Gasteiger partial charge in [-0.15, -0.1) is 0 Å². The molecule has 3 N–H and O–H groups in total. The summed E-state index contributed by atoms with van der Waals surface area (Å²) < 4.78 is 38.9. The van der Waals surface area contributed by atoms with Gasteiger partial charge in [0.25, 0.3) is 0 Å². The Kier molecular flexibility index (Phi) is 4.84. The molecule has 0 aliphatic heterocycles. The van der Waals surface area contributed by atoms with Crippen LogP contribution in [0.3, 0.4) is 0 Å². The Labute approximate surface area is 124 Å². The van der Waals surface area contributed by atoms with Gasteiger partial charge < -0.3 is 11.1 Å². The van der Waals surface area contributed by atoms with Crippen LogP contribution in [0.5, 0.6) is 0 Å². The molecule has 0 aliphatic rings. The van der Waals surface area contributed by atoms with Crippen LogP contribution in [0.25, 0.3) is 0 Å². The highest BCUT2D eigenvalue weighted by molar-refractivity contribution is 5.70. The zero-order valence-electron chi connectivity index (χ0n) is 11.6. The lowest BCUT2D eigenvalue weighted by Crippen LogP contribution is -2.10. The minimum atomic E-state index is -4.48. The number of para-hydroxylation sites is 1. The van der Waals surface area contributed by atoms with Gasteiger partial charge >= 0.3 is 6.18 Å². The number of alkyl halides is 3.